The summed E-state index contributed by atoms with van der Waals surface area (Å²) in [5.74, 6) is 0.588. The first-order valence-corrected chi connectivity index (χ1v) is 6.53. The van der Waals surface area contributed by atoms with Crippen molar-refractivity contribution in [2.24, 2.45) is 0 Å². The summed E-state index contributed by atoms with van der Waals surface area (Å²) in [6.07, 6.45) is 6.04. The first-order chi connectivity index (χ1) is 8.58. The molecule has 0 atom stereocenters. The lowest BCUT2D eigenvalue weighted by atomic mass is 10.2. The van der Waals surface area contributed by atoms with E-state index in [-0.39, 0.29) is 5.91 Å². The molecule has 1 amide bonds. The molecule has 0 radical (unpaired) electrons. The van der Waals surface area contributed by atoms with Gasteiger partial charge >= 0.3 is 0 Å². The summed E-state index contributed by atoms with van der Waals surface area (Å²) in [7, 11) is 0. The lowest BCUT2D eigenvalue weighted by Crippen LogP contribution is -2.29. The van der Waals surface area contributed by atoms with E-state index >= 15 is 0 Å². The van der Waals surface area contributed by atoms with Gasteiger partial charge in [-0.05, 0) is 38.8 Å². The highest BCUT2D eigenvalue weighted by Gasteiger charge is 2.08. The van der Waals surface area contributed by atoms with Crippen molar-refractivity contribution >= 4 is 5.91 Å². The van der Waals surface area contributed by atoms with Crippen molar-refractivity contribution in [1.29, 1.82) is 0 Å². The topological polar surface area (TPSA) is 29.5 Å². The summed E-state index contributed by atoms with van der Waals surface area (Å²) >= 11 is 0. The zero-order chi connectivity index (χ0) is 14.0. The summed E-state index contributed by atoms with van der Waals surface area (Å²) in [4.78, 5) is 13.7. The van der Waals surface area contributed by atoms with E-state index in [2.05, 4.69) is 6.58 Å². The Morgan fingerprint density at radius 2 is 1.83 bits per heavy atom. The molecule has 0 saturated carbocycles. The van der Waals surface area contributed by atoms with Crippen LogP contribution >= 0.6 is 0 Å². The lowest BCUT2D eigenvalue weighted by Gasteiger charge is -2.17. The van der Waals surface area contributed by atoms with Gasteiger partial charge in [0.2, 0.25) is 5.91 Å². The second-order valence-electron chi connectivity index (χ2n) is 4.00. The Bertz CT molecular complexity index is 325. The van der Waals surface area contributed by atoms with Crippen molar-refractivity contribution in [3.05, 3.63) is 36.1 Å². The number of hydrogen-bond acceptors (Lipinski definition) is 2. The van der Waals surface area contributed by atoms with E-state index < -0.39 is 0 Å². The van der Waals surface area contributed by atoms with E-state index in [1.54, 1.807) is 17.1 Å². The molecule has 18 heavy (non-hydrogen) atoms. The molecule has 0 bridgehead atoms. The number of carbonyl (C=O) groups is 1. The van der Waals surface area contributed by atoms with Crippen molar-refractivity contribution in [1.82, 2.24) is 4.90 Å². The quantitative estimate of drug-likeness (QED) is 0.376. The van der Waals surface area contributed by atoms with Gasteiger partial charge in [-0.3, -0.25) is 4.79 Å². The van der Waals surface area contributed by atoms with Crippen molar-refractivity contribution < 1.29 is 9.53 Å². The van der Waals surface area contributed by atoms with Gasteiger partial charge in [0, 0.05) is 19.2 Å². The summed E-state index contributed by atoms with van der Waals surface area (Å²) in [6, 6.07) is 0. The van der Waals surface area contributed by atoms with E-state index in [1.807, 2.05) is 33.8 Å². The molecule has 0 heterocycles. The molecule has 0 aliphatic heterocycles. The Morgan fingerprint density at radius 3 is 2.28 bits per heavy atom. The highest BCUT2D eigenvalue weighted by molar-refractivity contribution is 5.88. The normalized spacial score (nSPS) is 12.2. The molecule has 0 N–H and O–H groups in total. The largest absolute Gasteiger partial charge is 0.493 e. The van der Waals surface area contributed by atoms with E-state index in [4.69, 9.17) is 4.74 Å². The van der Waals surface area contributed by atoms with E-state index in [0.717, 1.165) is 12.0 Å². The van der Waals surface area contributed by atoms with Crippen LogP contribution in [-0.4, -0.2) is 30.5 Å². The Kier molecular flexibility index (Phi) is 8.71. The second kappa shape index (κ2) is 9.51. The maximum absolute atomic E-state index is 12.0. The van der Waals surface area contributed by atoms with Crippen LogP contribution in [0.25, 0.3) is 0 Å². The van der Waals surface area contributed by atoms with Crippen molar-refractivity contribution in [3.63, 3.8) is 0 Å². The van der Waals surface area contributed by atoms with E-state index in [9.17, 15) is 4.79 Å². The average Bonchev–Trinajstić information content (AvgIpc) is 2.37. The SMILES string of the molecule is C=C/C(C)=C\C(=C\C(=O)N(CC)CC)OCCC. The fraction of sp³-hybridized carbons (Fsp3) is 0.533. The first kappa shape index (κ1) is 16.5. The third-order valence-electron chi connectivity index (χ3n) is 2.51. The minimum Gasteiger partial charge on any atom is -0.493 e. The molecule has 0 rings (SSSR count). The molecule has 0 saturated heterocycles. The van der Waals surface area contributed by atoms with Gasteiger partial charge in [0.1, 0.15) is 5.76 Å². The summed E-state index contributed by atoms with van der Waals surface area (Å²) in [5.41, 5.74) is 0.977. The van der Waals surface area contributed by atoms with Crippen LogP contribution in [0.1, 0.15) is 34.1 Å². The Labute approximate surface area is 111 Å². The Balaban J connectivity index is 4.93. The molecule has 0 spiro atoms. The third-order valence-corrected chi connectivity index (χ3v) is 2.51. The molecular weight excluding hydrogens is 226 g/mol. The predicted octanol–water partition coefficient (Wildman–Crippen LogP) is 3.30. The lowest BCUT2D eigenvalue weighted by molar-refractivity contribution is -0.125. The number of ether oxygens (including phenoxy) is 1. The molecule has 0 aromatic carbocycles. The van der Waals surface area contributed by atoms with Crippen LogP contribution in [0.2, 0.25) is 0 Å². The maximum atomic E-state index is 12.0. The molecule has 0 fully saturated rings. The molecule has 0 aliphatic rings. The monoisotopic (exact) mass is 251 g/mol. The van der Waals surface area contributed by atoms with Crippen molar-refractivity contribution in [2.45, 2.75) is 34.1 Å². The fourth-order valence-corrected chi connectivity index (χ4v) is 1.38. The van der Waals surface area contributed by atoms with E-state index in [0.29, 0.717) is 25.5 Å². The van der Waals surface area contributed by atoms with Gasteiger partial charge < -0.3 is 9.64 Å². The number of carbonyl (C=O) groups excluding carboxylic acids is 1. The maximum Gasteiger partial charge on any atom is 0.250 e. The first-order valence-electron chi connectivity index (χ1n) is 6.53. The van der Waals surface area contributed by atoms with Crippen LogP contribution < -0.4 is 0 Å². The molecule has 3 heteroatoms. The molecular formula is C15H25NO2. The minimum atomic E-state index is -0.0146. The van der Waals surface area contributed by atoms with Crippen LogP contribution in [0.3, 0.4) is 0 Å². The average molecular weight is 251 g/mol. The van der Waals surface area contributed by atoms with Crippen LogP contribution in [0, 0.1) is 0 Å². The van der Waals surface area contributed by atoms with E-state index in [1.165, 1.54) is 0 Å². The minimum absolute atomic E-state index is 0.0146. The summed E-state index contributed by atoms with van der Waals surface area (Å²) in [5, 5.41) is 0. The summed E-state index contributed by atoms with van der Waals surface area (Å²) < 4.78 is 5.56. The molecule has 3 nitrogen and oxygen atoms in total. The number of hydrogen-bond donors (Lipinski definition) is 0. The zero-order valence-corrected chi connectivity index (χ0v) is 12.0. The molecule has 0 unspecified atom stereocenters. The highest BCUT2D eigenvalue weighted by atomic mass is 16.5. The van der Waals surface area contributed by atoms with Crippen molar-refractivity contribution in [3.8, 4) is 0 Å². The Hall–Kier alpha value is -1.51. The van der Waals surface area contributed by atoms with Crippen LogP contribution in [-0.2, 0) is 9.53 Å². The number of likely N-dealkylation sites (N-methyl/N-ethyl adjacent to an activating group) is 1. The molecule has 0 aromatic heterocycles. The molecule has 0 aromatic rings. The Morgan fingerprint density at radius 1 is 1.22 bits per heavy atom. The highest BCUT2D eigenvalue weighted by Crippen LogP contribution is 2.07. The van der Waals surface area contributed by atoms with Crippen LogP contribution in [0.15, 0.2) is 36.1 Å². The van der Waals surface area contributed by atoms with Gasteiger partial charge in [-0.2, -0.15) is 0 Å². The number of nitrogens with zero attached hydrogens (tertiary/aromatic N) is 1. The third kappa shape index (κ3) is 6.28. The number of amides is 1. The van der Waals surface area contributed by atoms with Gasteiger partial charge in [-0.15, -0.1) is 0 Å². The molecule has 0 aliphatic carbocycles. The van der Waals surface area contributed by atoms with Crippen LogP contribution in [0.5, 0.6) is 0 Å². The standard InChI is InChI=1S/C15H25NO2/c1-6-10-18-14(11-13(5)7-2)12-15(17)16(8-3)9-4/h7,11-12H,2,6,8-10H2,1,3-5H3/b13-11-,14-12-. The van der Waals surface area contributed by atoms with Crippen LogP contribution in [0.4, 0.5) is 0 Å². The zero-order valence-electron chi connectivity index (χ0n) is 12.0. The number of allylic oxidation sites excluding steroid dienone is 3. The molecule has 102 valence electrons. The van der Waals surface area contributed by atoms with Gasteiger partial charge in [0.15, 0.2) is 0 Å². The van der Waals surface area contributed by atoms with Gasteiger partial charge in [0.05, 0.1) is 6.61 Å². The number of rotatable bonds is 8. The van der Waals surface area contributed by atoms with Gasteiger partial charge in [0.25, 0.3) is 0 Å². The predicted molar refractivity (Wildman–Crippen MR) is 76.2 cm³/mol. The second-order valence-corrected chi connectivity index (χ2v) is 4.00. The fourth-order valence-electron chi connectivity index (χ4n) is 1.38. The summed E-state index contributed by atoms with van der Waals surface area (Å²) in [6.45, 7) is 13.6. The van der Waals surface area contributed by atoms with Crippen molar-refractivity contribution in [2.75, 3.05) is 19.7 Å². The van der Waals surface area contributed by atoms with Gasteiger partial charge in [-0.1, -0.05) is 19.6 Å². The van der Waals surface area contributed by atoms with Gasteiger partial charge in [-0.25, -0.2) is 0 Å². The smallest absolute Gasteiger partial charge is 0.250 e.